The predicted molar refractivity (Wildman–Crippen MR) is 63.2 cm³/mol. The molecule has 1 atom stereocenters. The summed E-state index contributed by atoms with van der Waals surface area (Å²) in [6.45, 7) is 0. The van der Waals surface area contributed by atoms with Gasteiger partial charge in [0.05, 0.1) is 0 Å². The van der Waals surface area contributed by atoms with E-state index in [2.05, 4.69) is 79.6 Å². The summed E-state index contributed by atoms with van der Waals surface area (Å²) in [5.74, 6) is 0.0243. The molecule has 0 aromatic heterocycles. The molecular formula is C5HBr5O. The number of alkyl halides is 3. The highest BCUT2D eigenvalue weighted by Gasteiger charge is 2.48. The van der Waals surface area contributed by atoms with Crippen molar-refractivity contribution in [3.8, 4) is 0 Å². The summed E-state index contributed by atoms with van der Waals surface area (Å²) >= 11 is 16.3. The highest BCUT2D eigenvalue weighted by Crippen LogP contribution is 2.51. The van der Waals surface area contributed by atoms with Gasteiger partial charge in [-0.25, -0.2) is 0 Å². The summed E-state index contributed by atoms with van der Waals surface area (Å²) in [6.07, 6.45) is 0. The molecule has 0 N–H and O–H groups in total. The molecule has 0 aromatic carbocycles. The Morgan fingerprint density at radius 1 is 1.27 bits per heavy atom. The Labute approximate surface area is 106 Å². The zero-order chi connectivity index (χ0) is 8.81. The van der Waals surface area contributed by atoms with Gasteiger partial charge in [0.25, 0.3) is 0 Å². The Morgan fingerprint density at radius 3 is 1.82 bits per heavy atom. The molecule has 1 rings (SSSR count). The number of carbonyl (C=O) groups excluding carboxylic acids is 1. The van der Waals surface area contributed by atoms with E-state index in [4.69, 9.17) is 0 Å². The molecule has 11 heavy (non-hydrogen) atoms. The van der Waals surface area contributed by atoms with Crippen LogP contribution in [0.3, 0.4) is 0 Å². The van der Waals surface area contributed by atoms with Crippen LogP contribution in [-0.4, -0.2) is 13.8 Å². The summed E-state index contributed by atoms with van der Waals surface area (Å²) in [6, 6.07) is 0. The first-order valence-corrected chi connectivity index (χ1v) is 6.59. The van der Waals surface area contributed by atoms with E-state index in [1.165, 1.54) is 0 Å². The number of allylic oxidation sites excluding steroid dienone is 2. The van der Waals surface area contributed by atoms with Gasteiger partial charge in [-0.05, 0) is 0 Å². The molecule has 0 radical (unpaired) electrons. The zero-order valence-electron chi connectivity index (χ0n) is 4.88. The quantitative estimate of drug-likeness (QED) is 0.486. The molecule has 1 nitrogen and oxygen atoms in total. The van der Waals surface area contributed by atoms with Crippen LogP contribution in [0.15, 0.2) is 8.96 Å². The first kappa shape index (κ1) is 10.9. The van der Waals surface area contributed by atoms with Crippen molar-refractivity contribution in [1.29, 1.82) is 0 Å². The summed E-state index contributed by atoms with van der Waals surface area (Å²) < 4.78 is 0.834. The highest BCUT2D eigenvalue weighted by molar-refractivity contribution is 9.27. The summed E-state index contributed by atoms with van der Waals surface area (Å²) in [5.41, 5.74) is 0. The second kappa shape index (κ2) is 3.52. The minimum atomic E-state index is -0.757. The minimum Gasteiger partial charge on any atom is -0.295 e. The van der Waals surface area contributed by atoms with Crippen LogP contribution in [0.25, 0.3) is 0 Å². The summed E-state index contributed by atoms with van der Waals surface area (Å²) in [4.78, 5) is 11.1. The van der Waals surface area contributed by atoms with Crippen molar-refractivity contribution in [2.75, 3.05) is 0 Å². The number of carbonyl (C=O) groups is 1. The number of Topliss-reactive ketones (excluding diaryl/α,β-unsaturated/α-hetero) is 1. The van der Waals surface area contributed by atoms with E-state index in [9.17, 15) is 4.79 Å². The third-order valence-corrected chi connectivity index (χ3v) is 7.78. The van der Waals surface area contributed by atoms with Crippen LogP contribution in [-0.2, 0) is 4.79 Å². The van der Waals surface area contributed by atoms with E-state index in [1.807, 2.05) is 0 Å². The fourth-order valence-corrected chi connectivity index (χ4v) is 4.48. The van der Waals surface area contributed by atoms with Crippen molar-refractivity contribution in [2.24, 2.45) is 0 Å². The molecule has 0 aliphatic heterocycles. The fourth-order valence-electron chi connectivity index (χ4n) is 0.644. The van der Waals surface area contributed by atoms with Crippen molar-refractivity contribution in [3.63, 3.8) is 0 Å². The summed E-state index contributed by atoms with van der Waals surface area (Å²) in [7, 11) is 0. The SMILES string of the molecule is O=C1C(Br)C(Br)=C(Br)C1(Br)Br. The maximum absolute atomic E-state index is 11.4. The Hall–Kier alpha value is 1.81. The van der Waals surface area contributed by atoms with Crippen molar-refractivity contribution in [2.45, 2.75) is 8.06 Å². The Kier molecular flexibility index (Phi) is 3.48. The Bertz CT molecular complexity index is 243. The average Bonchev–Trinajstić information content (AvgIpc) is 2.06. The average molecular weight is 477 g/mol. The molecule has 1 aliphatic rings. The van der Waals surface area contributed by atoms with Crippen LogP contribution >= 0.6 is 79.6 Å². The van der Waals surface area contributed by atoms with Gasteiger partial charge < -0.3 is 0 Å². The van der Waals surface area contributed by atoms with Crippen LogP contribution in [0.4, 0.5) is 0 Å². The van der Waals surface area contributed by atoms with Gasteiger partial charge >= 0.3 is 0 Å². The molecule has 0 heterocycles. The van der Waals surface area contributed by atoms with Crippen LogP contribution in [0.5, 0.6) is 0 Å². The van der Waals surface area contributed by atoms with Crippen LogP contribution in [0, 0.1) is 0 Å². The molecule has 0 aromatic rings. The Balaban J connectivity index is 3.16. The monoisotopic (exact) mass is 472 g/mol. The molecular weight excluding hydrogens is 476 g/mol. The molecule has 62 valence electrons. The van der Waals surface area contributed by atoms with E-state index in [-0.39, 0.29) is 10.6 Å². The lowest BCUT2D eigenvalue weighted by atomic mass is 10.3. The van der Waals surface area contributed by atoms with Gasteiger partial charge in [-0.15, -0.1) is 0 Å². The van der Waals surface area contributed by atoms with Gasteiger partial charge in [-0.2, -0.15) is 0 Å². The van der Waals surface area contributed by atoms with E-state index in [0.29, 0.717) is 0 Å². The third kappa shape index (κ3) is 1.71. The molecule has 0 spiro atoms. The first-order chi connectivity index (χ1) is 4.89. The van der Waals surface area contributed by atoms with Crippen LogP contribution in [0.2, 0.25) is 0 Å². The normalized spacial score (nSPS) is 29.9. The van der Waals surface area contributed by atoms with E-state index in [1.54, 1.807) is 0 Å². The first-order valence-electron chi connectivity index (χ1n) is 2.51. The Morgan fingerprint density at radius 2 is 1.73 bits per heavy atom. The number of rotatable bonds is 0. The lowest BCUT2D eigenvalue weighted by Gasteiger charge is -2.10. The molecule has 0 bridgehead atoms. The molecule has 0 amide bonds. The van der Waals surface area contributed by atoms with Crippen molar-refractivity contribution in [3.05, 3.63) is 8.96 Å². The van der Waals surface area contributed by atoms with E-state index < -0.39 is 3.23 Å². The number of ketones is 1. The van der Waals surface area contributed by atoms with Gasteiger partial charge in [0.2, 0.25) is 0 Å². The second-order valence-electron chi connectivity index (χ2n) is 1.96. The lowest BCUT2D eigenvalue weighted by molar-refractivity contribution is -0.116. The molecule has 0 saturated heterocycles. The number of halogens is 5. The largest absolute Gasteiger partial charge is 0.295 e. The fraction of sp³-hybridized carbons (Fsp3) is 0.400. The smallest absolute Gasteiger partial charge is 0.183 e. The van der Waals surface area contributed by atoms with Gasteiger partial charge in [0, 0.05) is 8.96 Å². The van der Waals surface area contributed by atoms with E-state index >= 15 is 0 Å². The molecule has 6 heteroatoms. The van der Waals surface area contributed by atoms with E-state index in [0.717, 1.165) is 8.96 Å². The van der Waals surface area contributed by atoms with Gasteiger partial charge in [-0.3, -0.25) is 4.79 Å². The highest BCUT2D eigenvalue weighted by atomic mass is 79.9. The van der Waals surface area contributed by atoms with Gasteiger partial charge in [0.15, 0.2) is 9.02 Å². The zero-order valence-corrected chi connectivity index (χ0v) is 12.8. The molecule has 1 aliphatic carbocycles. The maximum Gasteiger partial charge on any atom is 0.183 e. The molecule has 0 fully saturated rings. The van der Waals surface area contributed by atoms with Crippen molar-refractivity contribution >= 4 is 85.4 Å². The minimum absolute atomic E-state index is 0.0243. The molecule has 1 unspecified atom stereocenters. The van der Waals surface area contributed by atoms with Gasteiger partial charge in [-0.1, -0.05) is 79.6 Å². The van der Waals surface area contributed by atoms with Crippen molar-refractivity contribution < 1.29 is 4.79 Å². The summed E-state index contributed by atoms with van der Waals surface area (Å²) in [5, 5.41) is 0. The number of hydrogen-bond acceptors (Lipinski definition) is 1. The maximum atomic E-state index is 11.4. The lowest BCUT2D eigenvalue weighted by Crippen LogP contribution is -2.24. The third-order valence-electron chi connectivity index (χ3n) is 1.25. The predicted octanol–water partition coefficient (Wildman–Crippen LogP) is 3.82. The van der Waals surface area contributed by atoms with Gasteiger partial charge in [0.1, 0.15) is 4.83 Å². The number of hydrogen-bond donors (Lipinski definition) is 0. The van der Waals surface area contributed by atoms with Crippen molar-refractivity contribution in [1.82, 2.24) is 0 Å². The van der Waals surface area contributed by atoms with Crippen LogP contribution < -0.4 is 0 Å². The topological polar surface area (TPSA) is 17.1 Å². The standard InChI is InChI=1S/C5HBr5O/c6-1-2(7)4(11)5(9,10)3(1)8/h2H. The second-order valence-corrected chi connectivity index (χ2v) is 7.97. The molecule has 0 saturated carbocycles. The van der Waals surface area contributed by atoms with Crippen LogP contribution in [0.1, 0.15) is 0 Å².